The molecule has 14 heavy (non-hydrogen) atoms. The van der Waals surface area contributed by atoms with E-state index in [2.05, 4.69) is 16.9 Å². The first kappa shape index (κ1) is 11.0. The number of H-pyrrole nitrogens is 1. The van der Waals surface area contributed by atoms with Crippen LogP contribution in [0, 0.1) is 0 Å². The highest BCUT2D eigenvalue weighted by atomic mass is 16.1. The second-order valence-corrected chi connectivity index (χ2v) is 3.74. The van der Waals surface area contributed by atoms with E-state index in [1.807, 2.05) is 20.8 Å². The SMILES string of the molecule is CCc1nc(C(C)C)c(=O)[nH]c1CC. The van der Waals surface area contributed by atoms with Crippen molar-refractivity contribution in [3.05, 3.63) is 27.4 Å². The van der Waals surface area contributed by atoms with E-state index < -0.39 is 0 Å². The lowest BCUT2D eigenvalue weighted by atomic mass is 10.1. The Balaban J connectivity index is 3.31. The first-order valence-corrected chi connectivity index (χ1v) is 5.22. The fourth-order valence-corrected chi connectivity index (χ4v) is 1.51. The van der Waals surface area contributed by atoms with Gasteiger partial charge in [0, 0.05) is 11.6 Å². The lowest BCUT2D eigenvalue weighted by molar-refractivity contribution is 0.758. The van der Waals surface area contributed by atoms with Gasteiger partial charge in [-0.25, -0.2) is 0 Å². The highest BCUT2D eigenvalue weighted by molar-refractivity contribution is 5.15. The summed E-state index contributed by atoms with van der Waals surface area (Å²) in [7, 11) is 0. The van der Waals surface area contributed by atoms with E-state index in [-0.39, 0.29) is 11.5 Å². The minimum atomic E-state index is -0.0333. The maximum Gasteiger partial charge on any atom is 0.270 e. The highest BCUT2D eigenvalue weighted by Gasteiger charge is 2.10. The van der Waals surface area contributed by atoms with Crippen molar-refractivity contribution in [2.45, 2.75) is 46.5 Å². The molecule has 0 fully saturated rings. The van der Waals surface area contributed by atoms with Gasteiger partial charge in [-0.1, -0.05) is 27.7 Å². The molecule has 1 N–H and O–H groups in total. The lowest BCUT2D eigenvalue weighted by Crippen LogP contribution is -2.20. The van der Waals surface area contributed by atoms with E-state index >= 15 is 0 Å². The van der Waals surface area contributed by atoms with Gasteiger partial charge >= 0.3 is 0 Å². The van der Waals surface area contributed by atoms with E-state index in [0.717, 1.165) is 24.2 Å². The summed E-state index contributed by atoms with van der Waals surface area (Å²) in [6.07, 6.45) is 1.71. The Labute approximate surface area is 84.6 Å². The molecule has 1 heterocycles. The zero-order chi connectivity index (χ0) is 10.7. The summed E-state index contributed by atoms with van der Waals surface area (Å²) >= 11 is 0. The zero-order valence-corrected chi connectivity index (χ0v) is 9.35. The molecule has 0 amide bonds. The fraction of sp³-hybridized carbons (Fsp3) is 0.636. The third-order valence-corrected chi connectivity index (χ3v) is 2.34. The number of aryl methyl sites for hydroxylation is 2. The smallest absolute Gasteiger partial charge is 0.270 e. The molecule has 0 aliphatic carbocycles. The maximum absolute atomic E-state index is 11.6. The Hall–Kier alpha value is -1.12. The number of nitrogens with one attached hydrogen (secondary N) is 1. The van der Waals surface area contributed by atoms with Gasteiger partial charge in [0.05, 0.1) is 5.69 Å². The van der Waals surface area contributed by atoms with Gasteiger partial charge in [0.2, 0.25) is 0 Å². The van der Waals surface area contributed by atoms with Crippen LogP contribution < -0.4 is 5.56 Å². The van der Waals surface area contributed by atoms with Gasteiger partial charge in [0.25, 0.3) is 5.56 Å². The van der Waals surface area contributed by atoms with Crippen molar-refractivity contribution >= 4 is 0 Å². The summed E-state index contributed by atoms with van der Waals surface area (Å²) in [5.41, 5.74) is 2.62. The van der Waals surface area contributed by atoms with Crippen molar-refractivity contribution in [3.63, 3.8) is 0 Å². The van der Waals surface area contributed by atoms with Crippen LogP contribution in [-0.4, -0.2) is 9.97 Å². The van der Waals surface area contributed by atoms with Crippen LogP contribution in [0.15, 0.2) is 4.79 Å². The summed E-state index contributed by atoms with van der Waals surface area (Å²) in [5.74, 6) is 0.190. The van der Waals surface area contributed by atoms with Crippen molar-refractivity contribution in [2.75, 3.05) is 0 Å². The molecule has 0 saturated heterocycles. The van der Waals surface area contributed by atoms with Gasteiger partial charge in [-0.15, -0.1) is 0 Å². The number of rotatable bonds is 3. The average molecular weight is 194 g/mol. The molecule has 0 aliphatic heterocycles. The van der Waals surface area contributed by atoms with Crippen molar-refractivity contribution in [1.29, 1.82) is 0 Å². The Kier molecular flexibility index (Phi) is 3.44. The molecule has 0 atom stereocenters. The summed E-state index contributed by atoms with van der Waals surface area (Å²) in [6.45, 7) is 8.07. The zero-order valence-electron chi connectivity index (χ0n) is 9.35. The second kappa shape index (κ2) is 4.40. The monoisotopic (exact) mass is 194 g/mol. The van der Waals surface area contributed by atoms with Crippen molar-refractivity contribution in [1.82, 2.24) is 9.97 Å². The molecule has 1 aromatic rings. The van der Waals surface area contributed by atoms with Crippen molar-refractivity contribution < 1.29 is 0 Å². The largest absolute Gasteiger partial charge is 0.323 e. The van der Waals surface area contributed by atoms with E-state index in [1.165, 1.54) is 0 Å². The van der Waals surface area contributed by atoms with Gasteiger partial charge in [-0.2, -0.15) is 0 Å². The Morgan fingerprint density at radius 1 is 1.29 bits per heavy atom. The van der Waals surface area contributed by atoms with Gasteiger partial charge in [0.15, 0.2) is 0 Å². The first-order chi connectivity index (χ1) is 6.60. The summed E-state index contributed by atoms with van der Waals surface area (Å²) in [5, 5.41) is 0. The third-order valence-electron chi connectivity index (χ3n) is 2.34. The van der Waals surface area contributed by atoms with Crippen LogP contribution in [0.25, 0.3) is 0 Å². The lowest BCUT2D eigenvalue weighted by Gasteiger charge is -2.09. The van der Waals surface area contributed by atoms with Crippen LogP contribution >= 0.6 is 0 Å². The maximum atomic E-state index is 11.6. The molecule has 0 saturated carbocycles. The molecule has 0 bridgehead atoms. The third kappa shape index (κ3) is 2.03. The summed E-state index contributed by atoms with van der Waals surface area (Å²) < 4.78 is 0. The van der Waals surface area contributed by atoms with Crippen LogP contribution in [0.5, 0.6) is 0 Å². The normalized spacial score (nSPS) is 10.9. The second-order valence-electron chi connectivity index (χ2n) is 3.74. The number of hydrogen-bond donors (Lipinski definition) is 1. The summed E-state index contributed by atoms with van der Waals surface area (Å²) in [4.78, 5) is 18.9. The molecular formula is C11H18N2O. The molecule has 78 valence electrons. The van der Waals surface area contributed by atoms with Crippen LogP contribution in [-0.2, 0) is 12.8 Å². The minimum absolute atomic E-state index is 0.0333. The van der Waals surface area contributed by atoms with Gasteiger partial charge in [-0.05, 0) is 12.8 Å². The number of nitrogens with zero attached hydrogens (tertiary/aromatic N) is 1. The number of aromatic amines is 1. The molecule has 0 unspecified atom stereocenters. The van der Waals surface area contributed by atoms with E-state index in [0.29, 0.717) is 5.69 Å². The first-order valence-electron chi connectivity index (χ1n) is 5.22. The quantitative estimate of drug-likeness (QED) is 0.800. The van der Waals surface area contributed by atoms with E-state index in [4.69, 9.17) is 0 Å². The van der Waals surface area contributed by atoms with Crippen LogP contribution in [0.2, 0.25) is 0 Å². The van der Waals surface area contributed by atoms with Crippen molar-refractivity contribution in [2.24, 2.45) is 0 Å². The molecule has 0 radical (unpaired) electrons. The Bertz CT molecular complexity index is 366. The van der Waals surface area contributed by atoms with Crippen LogP contribution in [0.1, 0.15) is 50.7 Å². The standard InChI is InChI=1S/C11H18N2O/c1-5-8-9(6-2)13-11(14)10(12-8)7(3)4/h7H,5-6H2,1-4H3,(H,13,14). The molecule has 3 heteroatoms. The van der Waals surface area contributed by atoms with Crippen LogP contribution in [0.3, 0.4) is 0 Å². The Morgan fingerprint density at radius 2 is 1.93 bits per heavy atom. The number of aromatic nitrogens is 2. The molecule has 3 nitrogen and oxygen atoms in total. The van der Waals surface area contributed by atoms with Gasteiger partial charge in [-0.3, -0.25) is 9.78 Å². The highest BCUT2D eigenvalue weighted by Crippen LogP contribution is 2.09. The predicted octanol–water partition coefficient (Wildman–Crippen LogP) is 2.02. The molecule has 0 aliphatic rings. The van der Waals surface area contributed by atoms with Gasteiger partial charge in [0.1, 0.15) is 5.69 Å². The molecule has 0 spiro atoms. The predicted molar refractivity (Wildman–Crippen MR) is 57.7 cm³/mol. The average Bonchev–Trinajstić information content (AvgIpc) is 2.16. The summed E-state index contributed by atoms with van der Waals surface area (Å²) in [6, 6.07) is 0. The molecular weight excluding hydrogens is 176 g/mol. The molecule has 1 rings (SSSR count). The fourth-order valence-electron chi connectivity index (χ4n) is 1.51. The minimum Gasteiger partial charge on any atom is -0.323 e. The van der Waals surface area contributed by atoms with Crippen LogP contribution in [0.4, 0.5) is 0 Å². The van der Waals surface area contributed by atoms with E-state index in [1.54, 1.807) is 0 Å². The molecule has 0 aromatic carbocycles. The van der Waals surface area contributed by atoms with Gasteiger partial charge < -0.3 is 4.98 Å². The molecule has 1 aromatic heterocycles. The number of hydrogen-bond acceptors (Lipinski definition) is 2. The topological polar surface area (TPSA) is 45.8 Å². The van der Waals surface area contributed by atoms with E-state index in [9.17, 15) is 4.79 Å². The van der Waals surface area contributed by atoms with Crippen molar-refractivity contribution in [3.8, 4) is 0 Å². The Morgan fingerprint density at radius 3 is 2.36 bits per heavy atom.